The summed E-state index contributed by atoms with van der Waals surface area (Å²) in [5.41, 5.74) is 0.519. The predicted octanol–water partition coefficient (Wildman–Crippen LogP) is 2.83. The average Bonchev–Trinajstić information content (AvgIpc) is 3.00. The summed E-state index contributed by atoms with van der Waals surface area (Å²) in [6, 6.07) is 2.98. The number of nitrogens with one attached hydrogen (secondary N) is 1. The van der Waals surface area contributed by atoms with Gasteiger partial charge in [0.1, 0.15) is 0 Å². The third kappa shape index (κ3) is 4.09. The first-order valence-corrected chi connectivity index (χ1v) is 8.27. The lowest BCUT2D eigenvalue weighted by molar-refractivity contribution is -0.186. The zero-order valence-electron chi connectivity index (χ0n) is 14.2. The number of anilines is 1. The number of piperidine rings is 1. The molecule has 1 fully saturated rings. The van der Waals surface area contributed by atoms with Crippen LogP contribution < -0.4 is 14.8 Å². The third-order valence-corrected chi connectivity index (χ3v) is 4.50. The fourth-order valence-corrected chi connectivity index (χ4v) is 3.20. The Hall–Kier alpha value is -2.29. The number of carbonyl (C=O) groups excluding carboxylic acids is 2. The summed E-state index contributed by atoms with van der Waals surface area (Å²) in [6.07, 6.45) is -3.79. The van der Waals surface area contributed by atoms with Crippen LogP contribution in [0, 0.1) is 5.92 Å². The number of fused-ring (bicyclic) bond motifs is 1. The zero-order valence-corrected chi connectivity index (χ0v) is 14.2. The molecule has 1 N–H and O–H groups in total. The van der Waals surface area contributed by atoms with E-state index in [1.165, 1.54) is 24.0 Å². The number of hydrogen-bond acceptors (Lipinski definition) is 5. The van der Waals surface area contributed by atoms with Gasteiger partial charge in [0.15, 0.2) is 17.3 Å². The third-order valence-electron chi connectivity index (χ3n) is 4.50. The minimum absolute atomic E-state index is 0.0245. The lowest BCUT2D eigenvalue weighted by Gasteiger charge is -2.33. The quantitative estimate of drug-likeness (QED) is 0.824. The molecule has 142 valence electrons. The summed E-state index contributed by atoms with van der Waals surface area (Å²) in [4.78, 5) is 25.6. The highest BCUT2D eigenvalue weighted by molar-refractivity contribution is 6.05. The lowest BCUT2D eigenvalue weighted by atomic mass is 9.97. The van der Waals surface area contributed by atoms with Gasteiger partial charge in [0.25, 0.3) is 0 Å². The van der Waals surface area contributed by atoms with Crippen molar-refractivity contribution in [1.29, 1.82) is 0 Å². The van der Waals surface area contributed by atoms with Crippen molar-refractivity contribution in [2.75, 3.05) is 31.7 Å². The van der Waals surface area contributed by atoms with Crippen molar-refractivity contribution in [2.45, 2.75) is 25.9 Å². The van der Waals surface area contributed by atoms with Gasteiger partial charge < -0.3 is 14.8 Å². The second-order valence-electron chi connectivity index (χ2n) is 6.47. The van der Waals surface area contributed by atoms with Gasteiger partial charge in [-0.3, -0.25) is 14.5 Å². The van der Waals surface area contributed by atoms with Crippen molar-refractivity contribution in [2.24, 2.45) is 5.92 Å². The normalized spacial score (nSPS) is 20.1. The Morgan fingerprint density at radius 3 is 2.62 bits per heavy atom. The van der Waals surface area contributed by atoms with Crippen LogP contribution in [-0.4, -0.2) is 49.2 Å². The van der Waals surface area contributed by atoms with Crippen LogP contribution in [0.5, 0.6) is 11.5 Å². The van der Waals surface area contributed by atoms with Gasteiger partial charge in [-0.25, -0.2) is 0 Å². The molecule has 0 saturated carbocycles. The lowest BCUT2D eigenvalue weighted by Crippen LogP contribution is -2.44. The van der Waals surface area contributed by atoms with Crippen molar-refractivity contribution in [1.82, 2.24) is 4.90 Å². The number of nitrogens with zero attached hydrogens (tertiary/aromatic N) is 1. The van der Waals surface area contributed by atoms with E-state index in [9.17, 15) is 22.8 Å². The van der Waals surface area contributed by atoms with Gasteiger partial charge in [-0.05, 0) is 32.4 Å². The Morgan fingerprint density at radius 1 is 1.27 bits per heavy atom. The van der Waals surface area contributed by atoms with Crippen molar-refractivity contribution in [3.05, 3.63) is 17.7 Å². The van der Waals surface area contributed by atoms with E-state index in [0.29, 0.717) is 24.5 Å². The molecule has 1 unspecified atom stereocenters. The Labute approximate surface area is 148 Å². The monoisotopic (exact) mass is 372 g/mol. The number of ether oxygens (including phenoxy) is 2. The highest BCUT2D eigenvalue weighted by Gasteiger charge is 2.41. The van der Waals surface area contributed by atoms with E-state index >= 15 is 0 Å². The summed E-state index contributed by atoms with van der Waals surface area (Å²) in [5, 5.41) is 2.60. The van der Waals surface area contributed by atoms with Crippen LogP contribution in [0.2, 0.25) is 0 Å². The van der Waals surface area contributed by atoms with Crippen LogP contribution in [0.3, 0.4) is 0 Å². The molecule has 2 aliphatic rings. The summed E-state index contributed by atoms with van der Waals surface area (Å²) in [7, 11) is 0. The molecule has 1 saturated heterocycles. The molecule has 0 aromatic heterocycles. The van der Waals surface area contributed by atoms with Crippen LogP contribution in [-0.2, 0) is 4.79 Å². The highest BCUT2D eigenvalue weighted by atomic mass is 19.4. The number of ketones is 1. The molecule has 3 rings (SSSR count). The molecule has 1 aromatic rings. The number of benzene rings is 1. The molecule has 2 aliphatic heterocycles. The van der Waals surface area contributed by atoms with E-state index in [4.69, 9.17) is 9.47 Å². The van der Waals surface area contributed by atoms with Crippen LogP contribution >= 0.6 is 0 Å². The molecule has 1 aromatic carbocycles. The largest absolute Gasteiger partial charge is 0.454 e. The zero-order chi connectivity index (χ0) is 18.9. The van der Waals surface area contributed by atoms with Gasteiger partial charge in [-0.15, -0.1) is 0 Å². The Kier molecular flexibility index (Phi) is 5.08. The molecule has 1 atom stereocenters. The Bertz CT molecular complexity index is 721. The molecular weight excluding hydrogens is 353 g/mol. The van der Waals surface area contributed by atoms with Gasteiger partial charge >= 0.3 is 6.18 Å². The maximum atomic E-state index is 12.9. The number of amides is 1. The average molecular weight is 372 g/mol. The van der Waals surface area contributed by atoms with Crippen molar-refractivity contribution < 1.29 is 32.2 Å². The molecule has 9 heteroatoms. The number of likely N-dealkylation sites (tertiary alicyclic amines) is 1. The number of hydrogen-bond donors (Lipinski definition) is 1. The SMILES string of the molecule is CC(=O)c1cc2c(cc1NC(=O)CN1CCCC(C(F)(F)F)C1)OCO2. The summed E-state index contributed by atoms with van der Waals surface area (Å²) in [5.74, 6) is -1.34. The van der Waals surface area contributed by atoms with E-state index in [0.717, 1.165) is 0 Å². The molecule has 1 amide bonds. The minimum Gasteiger partial charge on any atom is -0.454 e. The highest BCUT2D eigenvalue weighted by Crippen LogP contribution is 2.37. The van der Waals surface area contributed by atoms with Crippen LogP contribution in [0.4, 0.5) is 18.9 Å². The predicted molar refractivity (Wildman–Crippen MR) is 86.4 cm³/mol. The number of halogens is 3. The van der Waals surface area contributed by atoms with Crippen LogP contribution in [0.15, 0.2) is 12.1 Å². The molecule has 6 nitrogen and oxygen atoms in total. The van der Waals surface area contributed by atoms with Crippen molar-refractivity contribution in [3.8, 4) is 11.5 Å². The number of carbonyl (C=O) groups is 2. The first-order valence-electron chi connectivity index (χ1n) is 8.27. The molecule has 2 heterocycles. The molecule has 0 bridgehead atoms. The Balaban J connectivity index is 1.68. The van der Waals surface area contributed by atoms with Gasteiger partial charge in [-0.2, -0.15) is 13.2 Å². The first-order chi connectivity index (χ1) is 12.2. The summed E-state index contributed by atoms with van der Waals surface area (Å²) >= 11 is 0. The van der Waals surface area contributed by atoms with E-state index in [1.807, 2.05) is 0 Å². The van der Waals surface area contributed by atoms with E-state index < -0.39 is 18.0 Å². The van der Waals surface area contributed by atoms with Gasteiger partial charge in [0, 0.05) is 18.2 Å². The molecule has 26 heavy (non-hydrogen) atoms. The standard InChI is InChI=1S/C17H19F3N2O4/c1-10(23)12-5-14-15(26-9-25-14)6-13(12)21-16(24)8-22-4-2-3-11(7-22)17(18,19)20/h5-6,11H,2-4,7-9H2,1H3,(H,21,24). The van der Waals surface area contributed by atoms with E-state index in [2.05, 4.69) is 5.32 Å². The molecular formula is C17H19F3N2O4. The summed E-state index contributed by atoms with van der Waals surface area (Å²) in [6.45, 7) is 1.44. The molecule has 0 radical (unpaired) electrons. The van der Waals surface area contributed by atoms with Gasteiger partial charge in [0.05, 0.1) is 18.2 Å². The maximum Gasteiger partial charge on any atom is 0.393 e. The first kappa shape index (κ1) is 18.5. The number of alkyl halides is 3. The second kappa shape index (κ2) is 7.14. The fourth-order valence-electron chi connectivity index (χ4n) is 3.20. The van der Waals surface area contributed by atoms with Crippen LogP contribution in [0.1, 0.15) is 30.1 Å². The van der Waals surface area contributed by atoms with Gasteiger partial charge in [0.2, 0.25) is 12.7 Å². The smallest absolute Gasteiger partial charge is 0.393 e. The van der Waals surface area contributed by atoms with Gasteiger partial charge in [-0.1, -0.05) is 0 Å². The molecule has 0 spiro atoms. The summed E-state index contributed by atoms with van der Waals surface area (Å²) < 4.78 is 49.1. The van der Waals surface area contributed by atoms with Crippen molar-refractivity contribution >= 4 is 17.4 Å². The fraction of sp³-hybridized carbons (Fsp3) is 0.529. The number of Topliss-reactive ketones (excluding diaryl/α,β-unsaturated/α-hetero) is 1. The molecule has 0 aliphatic carbocycles. The number of rotatable bonds is 4. The second-order valence-corrected chi connectivity index (χ2v) is 6.47. The van der Waals surface area contributed by atoms with E-state index in [1.54, 1.807) is 0 Å². The van der Waals surface area contributed by atoms with Crippen LogP contribution in [0.25, 0.3) is 0 Å². The van der Waals surface area contributed by atoms with E-state index in [-0.39, 0.29) is 43.3 Å². The van der Waals surface area contributed by atoms with Crippen molar-refractivity contribution in [3.63, 3.8) is 0 Å². The topological polar surface area (TPSA) is 67.9 Å². The maximum absolute atomic E-state index is 12.9. The minimum atomic E-state index is -4.26. The Morgan fingerprint density at radius 2 is 1.96 bits per heavy atom.